The number of nitrogens with one attached hydrogen (secondary N) is 1. The van der Waals surface area contributed by atoms with E-state index in [1.165, 1.54) is 19.2 Å². The predicted octanol–water partition coefficient (Wildman–Crippen LogP) is 5.36. The number of hydrogen-bond donors (Lipinski definition) is 1. The lowest BCUT2D eigenvalue weighted by atomic mass is 9.86. The molecule has 0 aromatic heterocycles. The van der Waals surface area contributed by atoms with Crippen LogP contribution in [0.2, 0.25) is 5.02 Å². The van der Waals surface area contributed by atoms with E-state index >= 15 is 0 Å². The van der Waals surface area contributed by atoms with Crippen LogP contribution in [0.4, 0.5) is 0 Å². The largest absolute Gasteiger partial charge is 0.497 e. The van der Waals surface area contributed by atoms with Crippen molar-refractivity contribution >= 4 is 27.4 Å². The van der Waals surface area contributed by atoms with Crippen molar-refractivity contribution in [2.75, 3.05) is 7.11 Å². The van der Waals surface area contributed by atoms with Gasteiger partial charge in [-0.05, 0) is 70.5 Å². The minimum Gasteiger partial charge on any atom is -0.497 e. The van der Waals surface area contributed by atoms with Gasteiger partial charge in [0, 0.05) is 16.4 Å². The molecule has 0 spiro atoms. The highest BCUT2D eigenvalue weighted by molar-refractivity contribution is 7.95. The lowest BCUT2D eigenvalue weighted by molar-refractivity contribution is -0.150. The van der Waals surface area contributed by atoms with Crippen LogP contribution in [-0.4, -0.2) is 27.1 Å². The summed E-state index contributed by atoms with van der Waals surface area (Å²) in [6.07, 6.45) is 0. The standard InChI is InChI=1S/C25H28ClNO5S/c1-15-21(24(28)32-25(3,4)5)22(19-9-7-8-10-20(19)26)23(16(2)27-15)33(29,30)18-13-11-17(31-6)12-14-18/h7-14,22,27H,1-6H3. The Bertz CT molecular complexity index is 1240. The first kappa shape index (κ1) is 24.9. The number of hydrogen-bond acceptors (Lipinski definition) is 6. The van der Waals surface area contributed by atoms with E-state index < -0.39 is 27.3 Å². The van der Waals surface area contributed by atoms with E-state index in [-0.39, 0.29) is 15.4 Å². The number of rotatable bonds is 5. The molecule has 1 atom stereocenters. The maximum atomic E-state index is 13.9. The molecule has 1 heterocycles. The molecule has 33 heavy (non-hydrogen) atoms. The summed E-state index contributed by atoms with van der Waals surface area (Å²) in [7, 11) is -2.51. The average Bonchev–Trinajstić information content (AvgIpc) is 2.72. The first-order valence-electron chi connectivity index (χ1n) is 10.4. The van der Waals surface area contributed by atoms with Gasteiger partial charge in [0.05, 0.1) is 28.4 Å². The zero-order valence-electron chi connectivity index (χ0n) is 19.5. The van der Waals surface area contributed by atoms with E-state index in [4.69, 9.17) is 21.1 Å². The first-order chi connectivity index (χ1) is 15.4. The van der Waals surface area contributed by atoms with Crippen molar-refractivity contribution < 1.29 is 22.7 Å². The van der Waals surface area contributed by atoms with Gasteiger partial charge in [0.15, 0.2) is 0 Å². The number of allylic oxidation sites excluding steroid dienone is 3. The molecule has 0 fully saturated rings. The maximum absolute atomic E-state index is 13.9. The maximum Gasteiger partial charge on any atom is 0.337 e. The molecule has 1 aliphatic rings. The molecular weight excluding hydrogens is 462 g/mol. The van der Waals surface area contributed by atoms with E-state index in [0.29, 0.717) is 27.7 Å². The molecule has 0 saturated heterocycles. The summed E-state index contributed by atoms with van der Waals surface area (Å²) >= 11 is 6.53. The monoisotopic (exact) mass is 489 g/mol. The van der Waals surface area contributed by atoms with E-state index in [9.17, 15) is 13.2 Å². The van der Waals surface area contributed by atoms with Crippen molar-refractivity contribution in [3.63, 3.8) is 0 Å². The number of carbonyl (C=O) groups excluding carboxylic acids is 1. The van der Waals surface area contributed by atoms with Crippen molar-refractivity contribution in [1.29, 1.82) is 0 Å². The summed E-state index contributed by atoms with van der Waals surface area (Å²) in [6.45, 7) is 8.69. The molecule has 0 amide bonds. The van der Waals surface area contributed by atoms with Crippen molar-refractivity contribution in [2.45, 2.75) is 51.0 Å². The SMILES string of the molecule is COc1ccc(S(=O)(=O)C2=C(C)NC(C)=C(C(=O)OC(C)(C)C)C2c2ccccc2Cl)cc1. The van der Waals surface area contributed by atoms with Crippen LogP contribution in [0.1, 0.15) is 46.1 Å². The average molecular weight is 490 g/mol. The van der Waals surface area contributed by atoms with Crippen LogP contribution >= 0.6 is 11.6 Å². The molecule has 0 radical (unpaired) electrons. The van der Waals surface area contributed by atoms with E-state index in [0.717, 1.165) is 0 Å². The molecule has 8 heteroatoms. The summed E-state index contributed by atoms with van der Waals surface area (Å²) in [5, 5.41) is 3.43. The van der Waals surface area contributed by atoms with Gasteiger partial charge in [-0.15, -0.1) is 0 Å². The Kier molecular flexibility index (Phi) is 6.96. The van der Waals surface area contributed by atoms with E-state index in [1.54, 1.807) is 71.0 Å². The summed E-state index contributed by atoms with van der Waals surface area (Å²) in [5.41, 5.74) is 0.879. The van der Waals surface area contributed by atoms with Gasteiger partial charge in [0.1, 0.15) is 11.4 Å². The van der Waals surface area contributed by atoms with Crippen LogP contribution in [0.25, 0.3) is 0 Å². The highest BCUT2D eigenvalue weighted by Gasteiger charge is 2.42. The van der Waals surface area contributed by atoms with E-state index in [1.807, 2.05) is 0 Å². The zero-order valence-corrected chi connectivity index (χ0v) is 21.1. The van der Waals surface area contributed by atoms with Gasteiger partial charge in [-0.1, -0.05) is 29.8 Å². The Morgan fingerprint density at radius 2 is 1.61 bits per heavy atom. The predicted molar refractivity (Wildman–Crippen MR) is 129 cm³/mol. The molecular formula is C25H28ClNO5S. The van der Waals surface area contributed by atoms with Crippen molar-refractivity contribution in [1.82, 2.24) is 5.32 Å². The number of esters is 1. The molecule has 2 aromatic carbocycles. The van der Waals surface area contributed by atoms with Gasteiger partial charge in [-0.25, -0.2) is 13.2 Å². The van der Waals surface area contributed by atoms with Crippen LogP contribution < -0.4 is 10.1 Å². The number of ether oxygens (including phenoxy) is 2. The van der Waals surface area contributed by atoms with Crippen LogP contribution in [0, 0.1) is 0 Å². The molecule has 3 rings (SSSR count). The fraction of sp³-hybridized carbons (Fsp3) is 0.320. The molecule has 1 unspecified atom stereocenters. The van der Waals surface area contributed by atoms with Gasteiger partial charge in [0.2, 0.25) is 9.84 Å². The van der Waals surface area contributed by atoms with Crippen LogP contribution in [0.15, 0.2) is 75.3 Å². The van der Waals surface area contributed by atoms with Gasteiger partial charge < -0.3 is 14.8 Å². The van der Waals surface area contributed by atoms with E-state index in [2.05, 4.69) is 5.32 Å². The topological polar surface area (TPSA) is 81.7 Å². The van der Waals surface area contributed by atoms with Gasteiger partial charge in [-0.2, -0.15) is 0 Å². The third kappa shape index (κ3) is 5.09. The highest BCUT2D eigenvalue weighted by Crippen LogP contribution is 2.45. The summed E-state index contributed by atoms with van der Waals surface area (Å²) in [5.74, 6) is -1.01. The normalized spacial score (nSPS) is 17.0. The molecule has 1 N–H and O–H groups in total. The van der Waals surface area contributed by atoms with Crippen LogP contribution in [-0.2, 0) is 19.4 Å². The smallest absolute Gasteiger partial charge is 0.337 e. The van der Waals surface area contributed by atoms with Gasteiger partial charge in [-0.3, -0.25) is 0 Å². The molecule has 0 bridgehead atoms. The second kappa shape index (κ2) is 9.23. The molecule has 0 aliphatic carbocycles. The van der Waals surface area contributed by atoms with Crippen molar-refractivity contribution in [3.05, 3.63) is 81.0 Å². The number of sulfone groups is 1. The Morgan fingerprint density at radius 3 is 2.15 bits per heavy atom. The third-order valence-corrected chi connectivity index (χ3v) is 7.55. The summed E-state index contributed by atoms with van der Waals surface area (Å²) < 4.78 is 38.6. The Morgan fingerprint density at radius 1 is 1.00 bits per heavy atom. The Hall–Kier alpha value is -2.77. The summed E-state index contributed by atoms with van der Waals surface area (Å²) in [6, 6.07) is 13.1. The highest BCUT2D eigenvalue weighted by atomic mass is 35.5. The minimum absolute atomic E-state index is 0.0484. The number of benzene rings is 2. The second-order valence-corrected chi connectivity index (χ2v) is 11.1. The van der Waals surface area contributed by atoms with Crippen molar-refractivity contribution in [3.8, 4) is 5.75 Å². The Balaban J connectivity index is 2.26. The molecule has 1 aliphatic heterocycles. The van der Waals surface area contributed by atoms with Crippen LogP contribution in [0.5, 0.6) is 5.75 Å². The molecule has 0 saturated carbocycles. The minimum atomic E-state index is -4.02. The number of dihydropyridines is 1. The lowest BCUT2D eigenvalue weighted by Gasteiger charge is -2.33. The van der Waals surface area contributed by atoms with Gasteiger partial charge in [0.25, 0.3) is 0 Å². The zero-order chi connectivity index (χ0) is 24.6. The molecule has 6 nitrogen and oxygen atoms in total. The fourth-order valence-electron chi connectivity index (χ4n) is 3.82. The number of halogens is 1. The van der Waals surface area contributed by atoms with Crippen molar-refractivity contribution in [2.24, 2.45) is 0 Å². The summed E-state index contributed by atoms with van der Waals surface area (Å²) in [4.78, 5) is 13.5. The fourth-order valence-corrected chi connectivity index (χ4v) is 5.83. The second-order valence-electron chi connectivity index (χ2n) is 8.79. The quantitative estimate of drug-likeness (QED) is 0.569. The lowest BCUT2D eigenvalue weighted by Crippen LogP contribution is -2.34. The number of methoxy groups -OCH3 is 1. The molecule has 2 aromatic rings. The first-order valence-corrected chi connectivity index (χ1v) is 12.3. The third-order valence-electron chi connectivity index (χ3n) is 5.19. The number of carbonyl (C=O) groups is 1. The van der Waals surface area contributed by atoms with Gasteiger partial charge >= 0.3 is 5.97 Å². The Labute approximate surface area is 200 Å². The molecule has 176 valence electrons. The van der Waals surface area contributed by atoms with Crippen LogP contribution in [0.3, 0.4) is 0 Å².